The van der Waals surface area contributed by atoms with E-state index < -0.39 is 0 Å². The molecule has 0 radical (unpaired) electrons. The first-order chi connectivity index (χ1) is 7.69. The van der Waals surface area contributed by atoms with Crippen LogP contribution in [0.25, 0.3) is 0 Å². The van der Waals surface area contributed by atoms with Gasteiger partial charge in [-0.2, -0.15) is 0 Å². The lowest BCUT2D eigenvalue weighted by Gasteiger charge is -2.11. The highest BCUT2D eigenvalue weighted by molar-refractivity contribution is 9.10. The predicted molar refractivity (Wildman–Crippen MR) is 66.9 cm³/mol. The van der Waals surface area contributed by atoms with Gasteiger partial charge < -0.3 is 15.8 Å². The van der Waals surface area contributed by atoms with Crippen molar-refractivity contribution >= 4 is 27.6 Å². The van der Waals surface area contributed by atoms with Gasteiger partial charge in [0.25, 0.3) is 0 Å². The number of hydrogen-bond acceptors (Lipinski definition) is 6. The van der Waals surface area contributed by atoms with Crippen molar-refractivity contribution in [2.75, 3.05) is 17.3 Å². The van der Waals surface area contributed by atoms with Gasteiger partial charge in [-0.3, -0.25) is 0 Å². The number of nitrogen functional groups attached to an aromatic ring is 1. The van der Waals surface area contributed by atoms with Crippen LogP contribution in [0.2, 0.25) is 0 Å². The Morgan fingerprint density at radius 3 is 2.81 bits per heavy atom. The van der Waals surface area contributed by atoms with Crippen molar-refractivity contribution in [3.8, 4) is 0 Å². The van der Waals surface area contributed by atoms with Crippen LogP contribution < -0.4 is 16.6 Å². The highest BCUT2D eigenvalue weighted by Crippen LogP contribution is 2.25. The maximum Gasteiger partial charge on any atom is 0.159 e. The van der Waals surface area contributed by atoms with Crippen LogP contribution in [0.1, 0.15) is 19.8 Å². The normalized spacial score (nSPS) is 12.2. The first-order valence-electron chi connectivity index (χ1n) is 5.08. The predicted octanol–water partition coefficient (Wildman–Crippen LogP) is 1.10. The van der Waals surface area contributed by atoms with Crippen molar-refractivity contribution in [1.29, 1.82) is 0 Å². The fourth-order valence-electron chi connectivity index (χ4n) is 1.16. The summed E-state index contributed by atoms with van der Waals surface area (Å²) in [5.41, 5.74) is 2.46. The quantitative estimate of drug-likeness (QED) is 0.463. The lowest BCUT2D eigenvalue weighted by molar-refractivity contribution is 0.164. The third kappa shape index (κ3) is 3.58. The Hall–Kier alpha value is -0.920. The van der Waals surface area contributed by atoms with E-state index in [9.17, 15) is 5.11 Å². The molecule has 0 aliphatic carbocycles. The molecule has 5 N–H and O–H groups in total. The van der Waals surface area contributed by atoms with E-state index in [1.54, 1.807) is 0 Å². The van der Waals surface area contributed by atoms with Crippen molar-refractivity contribution in [2.45, 2.75) is 25.9 Å². The molecule has 6 nitrogen and oxygen atoms in total. The average molecular weight is 290 g/mol. The third-order valence-corrected chi connectivity index (χ3v) is 2.92. The van der Waals surface area contributed by atoms with Crippen molar-refractivity contribution < 1.29 is 5.11 Å². The Labute approximate surface area is 103 Å². The Kier molecular flexibility index (Phi) is 5.44. The second-order valence-corrected chi connectivity index (χ2v) is 4.10. The minimum Gasteiger partial charge on any atom is -0.393 e. The van der Waals surface area contributed by atoms with Gasteiger partial charge in [0.2, 0.25) is 0 Å². The molecule has 1 heterocycles. The molecular weight excluding hydrogens is 274 g/mol. The number of hydrogen-bond donors (Lipinski definition) is 4. The SMILES string of the molecule is CCC(O)CCNc1ncnc(NN)c1Br. The molecule has 0 aliphatic heterocycles. The molecule has 0 saturated carbocycles. The number of aliphatic hydroxyl groups excluding tert-OH is 1. The standard InChI is InChI=1S/C9H16BrN5O/c1-2-6(16)3-4-12-8-7(10)9(15-11)14-5-13-8/h5-6,16H,2-4,11H2,1H3,(H2,12,13,14,15). The number of rotatable bonds is 6. The fraction of sp³-hybridized carbons (Fsp3) is 0.556. The minimum absolute atomic E-state index is 0.278. The number of anilines is 2. The van der Waals surface area contributed by atoms with E-state index in [0.29, 0.717) is 29.1 Å². The molecule has 90 valence electrons. The topological polar surface area (TPSA) is 96.1 Å². The van der Waals surface area contributed by atoms with Crippen LogP contribution in [0.3, 0.4) is 0 Å². The van der Waals surface area contributed by atoms with Crippen LogP contribution >= 0.6 is 15.9 Å². The van der Waals surface area contributed by atoms with E-state index in [4.69, 9.17) is 5.84 Å². The zero-order valence-electron chi connectivity index (χ0n) is 9.07. The highest BCUT2D eigenvalue weighted by atomic mass is 79.9. The molecule has 0 fully saturated rings. The number of nitrogens with zero attached hydrogens (tertiary/aromatic N) is 2. The average Bonchev–Trinajstić information content (AvgIpc) is 2.31. The molecule has 1 atom stereocenters. The fourth-order valence-corrected chi connectivity index (χ4v) is 1.61. The summed E-state index contributed by atoms with van der Waals surface area (Å²) in [7, 11) is 0. The Morgan fingerprint density at radius 1 is 1.50 bits per heavy atom. The van der Waals surface area contributed by atoms with Crippen molar-refractivity contribution in [3.05, 3.63) is 10.8 Å². The van der Waals surface area contributed by atoms with Crippen molar-refractivity contribution in [1.82, 2.24) is 9.97 Å². The van der Waals surface area contributed by atoms with Crippen LogP contribution in [-0.2, 0) is 0 Å². The number of aliphatic hydroxyl groups is 1. The van der Waals surface area contributed by atoms with Crippen LogP contribution in [0.4, 0.5) is 11.6 Å². The molecule has 0 spiro atoms. The second-order valence-electron chi connectivity index (χ2n) is 3.31. The largest absolute Gasteiger partial charge is 0.393 e. The second kappa shape index (κ2) is 6.62. The van der Waals surface area contributed by atoms with Gasteiger partial charge >= 0.3 is 0 Å². The summed E-state index contributed by atoms with van der Waals surface area (Å²) in [5, 5.41) is 12.5. The van der Waals surface area contributed by atoms with Crippen LogP contribution in [0.15, 0.2) is 10.8 Å². The maximum atomic E-state index is 9.39. The number of halogens is 1. The van der Waals surface area contributed by atoms with Gasteiger partial charge in [-0.25, -0.2) is 15.8 Å². The monoisotopic (exact) mass is 289 g/mol. The summed E-state index contributed by atoms with van der Waals surface area (Å²) in [6.07, 6.45) is 2.57. The molecule has 1 aromatic rings. The highest BCUT2D eigenvalue weighted by Gasteiger charge is 2.07. The molecule has 1 unspecified atom stereocenters. The molecule has 1 aromatic heterocycles. The maximum absolute atomic E-state index is 9.39. The van der Waals surface area contributed by atoms with Crippen LogP contribution in [0.5, 0.6) is 0 Å². The van der Waals surface area contributed by atoms with Gasteiger partial charge in [0.15, 0.2) is 5.82 Å². The zero-order valence-corrected chi connectivity index (χ0v) is 10.7. The lowest BCUT2D eigenvalue weighted by atomic mass is 10.2. The van der Waals surface area contributed by atoms with Gasteiger partial charge in [-0.05, 0) is 28.8 Å². The minimum atomic E-state index is -0.278. The summed E-state index contributed by atoms with van der Waals surface area (Å²) in [6.45, 7) is 2.59. The van der Waals surface area contributed by atoms with Gasteiger partial charge in [0.05, 0.1) is 6.10 Å². The van der Waals surface area contributed by atoms with E-state index in [-0.39, 0.29) is 6.10 Å². The summed E-state index contributed by atoms with van der Waals surface area (Å²) in [5.74, 6) is 6.46. The number of nitrogens with one attached hydrogen (secondary N) is 2. The van der Waals surface area contributed by atoms with E-state index in [1.165, 1.54) is 6.33 Å². The Bertz CT molecular complexity index is 336. The lowest BCUT2D eigenvalue weighted by Crippen LogP contribution is -2.15. The van der Waals surface area contributed by atoms with Crippen LogP contribution in [-0.4, -0.2) is 27.7 Å². The molecular formula is C9H16BrN5O. The number of nitrogens with two attached hydrogens (primary N) is 1. The molecule has 0 amide bonds. The molecule has 1 rings (SSSR count). The third-order valence-electron chi connectivity index (χ3n) is 2.17. The molecule has 0 aliphatic rings. The first kappa shape index (κ1) is 13.1. The summed E-state index contributed by atoms with van der Waals surface area (Å²) in [4.78, 5) is 8.00. The Morgan fingerprint density at radius 2 is 2.19 bits per heavy atom. The molecule has 0 bridgehead atoms. The zero-order chi connectivity index (χ0) is 12.0. The van der Waals surface area contributed by atoms with E-state index >= 15 is 0 Å². The summed E-state index contributed by atoms with van der Waals surface area (Å²) < 4.78 is 0.684. The summed E-state index contributed by atoms with van der Waals surface area (Å²) in [6, 6.07) is 0. The molecule has 0 aromatic carbocycles. The molecule has 16 heavy (non-hydrogen) atoms. The van der Waals surface area contributed by atoms with E-state index in [0.717, 1.165) is 6.42 Å². The molecule has 0 saturated heterocycles. The van der Waals surface area contributed by atoms with Gasteiger partial charge in [0.1, 0.15) is 16.6 Å². The molecule has 7 heteroatoms. The van der Waals surface area contributed by atoms with Gasteiger partial charge in [-0.1, -0.05) is 6.92 Å². The van der Waals surface area contributed by atoms with E-state index in [2.05, 4.69) is 36.6 Å². The van der Waals surface area contributed by atoms with Gasteiger partial charge in [-0.15, -0.1) is 0 Å². The number of aromatic nitrogens is 2. The number of hydrazine groups is 1. The van der Waals surface area contributed by atoms with Gasteiger partial charge in [0, 0.05) is 6.54 Å². The summed E-state index contributed by atoms with van der Waals surface area (Å²) >= 11 is 3.33. The van der Waals surface area contributed by atoms with Crippen molar-refractivity contribution in [2.24, 2.45) is 5.84 Å². The first-order valence-corrected chi connectivity index (χ1v) is 5.87. The van der Waals surface area contributed by atoms with Crippen molar-refractivity contribution in [3.63, 3.8) is 0 Å². The Balaban J connectivity index is 2.54. The van der Waals surface area contributed by atoms with Crippen LogP contribution in [0, 0.1) is 0 Å². The van der Waals surface area contributed by atoms with E-state index in [1.807, 2.05) is 6.92 Å². The smallest absolute Gasteiger partial charge is 0.159 e.